The number of Topliss-reactive ketones (excluding diaryl/α,β-unsaturated/α-hetero) is 1. The highest BCUT2D eigenvalue weighted by atomic mass is 79.9. The predicted octanol–water partition coefficient (Wildman–Crippen LogP) is 6.31. The van der Waals surface area contributed by atoms with Gasteiger partial charge in [-0.3, -0.25) is 9.69 Å². The molecule has 0 amide bonds. The summed E-state index contributed by atoms with van der Waals surface area (Å²) < 4.78 is 1.76. The Labute approximate surface area is 214 Å². The molecule has 2 aliphatic rings. The summed E-state index contributed by atoms with van der Waals surface area (Å²) in [5.41, 5.74) is 10.4. The van der Waals surface area contributed by atoms with Crippen molar-refractivity contribution in [2.24, 2.45) is 5.73 Å². The highest BCUT2D eigenvalue weighted by molar-refractivity contribution is 9.10. The summed E-state index contributed by atoms with van der Waals surface area (Å²) in [4.78, 5) is 20.1. The first-order chi connectivity index (χ1) is 16.5. The lowest BCUT2D eigenvalue weighted by Crippen LogP contribution is -2.40. The SMILES string of the molecule is N#CC1=C(N)N(c2ccc(Br)cn2)C2=C(C(=O)C[C@H](c3ccccc3)C2)[C@H]1c1ccc(Br)cc1. The largest absolute Gasteiger partial charge is 0.384 e. The Hall–Kier alpha value is -3.21. The second-order valence-electron chi connectivity index (χ2n) is 8.36. The smallest absolute Gasteiger partial charge is 0.162 e. The number of benzene rings is 2. The zero-order valence-electron chi connectivity index (χ0n) is 18.1. The van der Waals surface area contributed by atoms with Gasteiger partial charge < -0.3 is 5.73 Å². The van der Waals surface area contributed by atoms with Crippen molar-refractivity contribution >= 4 is 43.5 Å². The molecule has 1 aliphatic heterocycles. The molecule has 0 bridgehead atoms. The van der Waals surface area contributed by atoms with Gasteiger partial charge in [-0.25, -0.2) is 4.98 Å². The number of carbonyl (C=O) groups excluding carboxylic acids is 1. The molecular weight excluding hydrogens is 556 g/mol. The standard InChI is InChI=1S/C27H20Br2N4O/c28-19-8-6-17(7-9-19)25-21(14-30)27(31)33(24-11-10-20(29)15-32-24)22-12-18(13-23(34)26(22)25)16-4-2-1-3-5-16/h1-11,15,18,25H,12-13,31H2/t18-,25+/m1/s1. The Bertz CT molecular complexity index is 1360. The van der Waals surface area contributed by atoms with Gasteiger partial charge in [-0.2, -0.15) is 5.26 Å². The molecule has 0 fully saturated rings. The van der Waals surface area contributed by atoms with E-state index < -0.39 is 5.92 Å². The summed E-state index contributed by atoms with van der Waals surface area (Å²) in [6, 6.07) is 23.8. The second kappa shape index (κ2) is 9.21. The van der Waals surface area contributed by atoms with Crippen LogP contribution in [0.1, 0.15) is 35.8 Å². The highest BCUT2D eigenvalue weighted by Crippen LogP contribution is 2.48. The van der Waals surface area contributed by atoms with E-state index in [0.717, 1.165) is 25.8 Å². The van der Waals surface area contributed by atoms with Gasteiger partial charge in [0.1, 0.15) is 11.6 Å². The van der Waals surface area contributed by atoms with Gasteiger partial charge in [-0.1, -0.05) is 58.4 Å². The third-order valence-corrected chi connectivity index (χ3v) is 7.38. The first-order valence-electron chi connectivity index (χ1n) is 10.9. The number of nitrogens with two attached hydrogens (primary N) is 1. The van der Waals surface area contributed by atoms with Gasteiger partial charge in [0, 0.05) is 32.8 Å². The molecule has 0 radical (unpaired) electrons. The van der Waals surface area contributed by atoms with Crippen LogP contribution in [0.15, 0.2) is 105 Å². The fourth-order valence-electron chi connectivity index (χ4n) is 4.84. The quantitative estimate of drug-likeness (QED) is 0.396. The lowest BCUT2D eigenvalue weighted by atomic mass is 9.72. The van der Waals surface area contributed by atoms with Crippen LogP contribution in [0.5, 0.6) is 0 Å². The fraction of sp³-hybridized carbons (Fsp3) is 0.148. The number of hydrogen-bond acceptors (Lipinski definition) is 5. The monoisotopic (exact) mass is 574 g/mol. The summed E-state index contributed by atoms with van der Waals surface area (Å²) in [6.45, 7) is 0. The van der Waals surface area contributed by atoms with Crippen LogP contribution in [0.4, 0.5) is 5.82 Å². The first kappa shape index (κ1) is 22.6. The van der Waals surface area contributed by atoms with E-state index in [1.165, 1.54) is 0 Å². The van der Waals surface area contributed by atoms with Gasteiger partial charge in [0.25, 0.3) is 0 Å². The number of nitrogens with zero attached hydrogens (tertiary/aromatic N) is 3. The Kier molecular flexibility index (Phi) is 6.11. The van der Waals surface area contributed by atoms with Gasteiger partial charge in [-0.15, -0.1) is 0 Å². The first-order valence-corrected chi connectivity index (χ1v) is 12.4. The van der Waals surface area contributed by atoms with Crippen molar-refractivity contribution in [3.05, 3.63) is 116 Å². The molecular formula is C27H20Br2N4O. The van der Waals surface area contributed by atoms with E-state index in [2.05, 4.69) is 55.0 Å². The van der Waals surface area contributed by atoms with E-state index in [9.17, 15) is 10.1 Å². The number of allylic oxidation sites excluding steroid dienone is 3. The number of pyridine rings is 1. The third kappa shape index (κ3) is 3.97. The highest BCUT2D eigenvalue weighted by Gasteiger charge is 2.43. The van der Waals surface area contributed by atoms with Crippen molar-refractivity contribution < 1.29 is 4.79 Å². The molecule has 2 atom stereocenters. The number of anilines is 1. The van der Waals surface area contributed by atoms with E-state index in [1.54, 1.807) is 11.1 Å². The minimum absolute atomic E-state index is 0.0207. The van der Waals surface area contributed by atoms with Gasteiger partial charge in [0.05, 0.1) is 17.6 Å². The van der Waals surface area contributed by atoms with E-state index in [1.807, 2.05) is 54.6 Å². The van der Waals surface area contributed by atoms with Gasteiger partial charge in [0.15, 0.2) is 5.78 Å². The maximum atomic E-state index is 13.8. The van der Waals surface area contributed by atoms with Gasteiger partial charge in [0.2, 0.25) is 0 Å². The van der Waals surface area contributed by atoms with Crippen LogP contribution < -0.4 is 10.6 Å². The molecule has 0 saturated heterocycles. The molecule has 2 N–H and O–H groups in total. The average molecular weight is 576 g/mol. The van der Waals surface area contributed by atoms with E-state index >= 15 is 0 Å². The zero-order valence-corrected chi connectivity index (χ0v) is 21.3. The lowest BCUT2D eigenvalue weighted by Gasteiger charge is -2.41. The Morgan fingerprint density at radius 3 is 2.29 bits per heavy atom. The molecule has 34 heavy (non-hydrogen) atoms. The third-order valence-electron chi connectivity index (χ3n) is 6.38. The van der Waals surface area contributed by atoms with Crippen molar-refractivity contribution in [2.45, 2.75) is 24.7 Å². The summed E-state index contributed by atoms with van der Waals surface area (Å²) in [5.74, 6) is 0.434. The van der Waals surface area contributed by atoms with Crippen molar-refractivity contribution in [1.29, 1.82) is 5.26 Å². The molecule has 2 aromatic carbocycles. The van der Waals surface area contributed by atoms with Crippen molar-refractivity contribution in [3.63, 3.8) is 0 Å². The molecule has 168 valence electrons. The fourth-order valence-corrected chi connectivity index (χ4v) is 5.34. The molecule has 5 rings (SSSR count). The second-order valence-corrected chi connectivity index (χ2v) is 10.2. The van der Waals surface area contributed by atoms with Crippen LogP contribution in [0.2, 0.25) is 0 Å². The molecule has 5 nitrogen and oxygen atoms in total. The van der Waals surface area contributed by atoms with E-state index in [0.29, 0.717) is 35.6 Å². The number of hydrogen-bond donors (Lipinski definition) is 1. The number of aromatic nitrogens is 1. The normalized spacial score (nSPS) is 20.3. The van der Waals surface area contributed by atoms with E-state index in [4.69, 9.17) is 5.73 Å². The lowest BCUT2D eigenvalue weighted by molar-refractivity contribution is -0.116. The number of rotatable bonds is 3. The summed E-state index contributed by atoms with van der Waals surface area (Å²) in [7, 11) is 0. The van der Waals surface area contributed by atoms with E-state index in [-0.39, 0.29) is 11.7 Å². The maximum absolute atomic E-state index is 13.8. The number of halogens is 2. The molecule has 1 aliphatic carbocycles. The van der Waals surface area contributed by atoms with Crippen LogP contribution >= 0.6 is 31.9 Å². The molecule has 0 unspecified atom stereocenters. The van der Waals surface area contributed by atoms with Gasteiger partial charge >= 0.3 is 0 Å². The average Bonchev–Trinajstić information content (AvgIpc) is 2.85. The summed E-state index contributed by atoms with van der Waals surface area (Å²) in [5, 5.41) is 10.2. The van der Waals surface area contributed by atoms with Crippen LogP contribution in [0.25, 0.3) is 0 Å². The molecule has 1 aromatic heterocycles. The Morgan fingerprint density at radius 1 is 0.941 bits per heavy atom. The van der Waals surface area contributed by atoms with Crippen LogP contribution in [0, 0.1) is 11.3 Å². The molecule has 3 aromatic rings. The van der Waals surface area contributed by atoms with Gasteiger partial charge in [-0.05, 0) is 63.7 Å². The topological polar surface area (TPSA) is 83.0 Å². The number of ketones is 1. The number of carbonyl (C=O) groups is 1. The van der Waals surface area contributed by atoms with Crippen molar-refractivity contribution in [1.82, 2.24) is 4.98 Å². The predicted molar refractivity (Wildman–Crippen MR) is 139 cm³/mol. The Balaban J connectivity index is 1.72. The maximum Gasteiger partial charge on any atom is 0.162 e. The van der Waals surface area contributed by atoms with Crippen LogP contribution in [-0.2, 0) is 4.79 Å². The molecule has 0 saturated carbocycles. The minimum Gasteiger partial charge on any atom is -0.384 e. The van der Waals surface area contributed by atoms with Crippen molar-refractivity contribution in [3.8, 4) is 6.07 Å². The Morgan fingerprint density at radius 2 is 1.65 bits per heavy atom. The van der Waals surface area contributed by atoms with Crippen molar-refractivity contribution in [2.75, 3.05) is 4.90 Å². The zero-order chi connectivity index (χ0) is 23.8. The molecule has 0 spiro atoms. The minimum atomic E-state index is -0.510. The molecule has 7 heteroatoms. The number of nitriles is 1. The summed E-state index contributed by atoms with van der Waals surface area (Å²) in [6.07, 6.45) is 2.69. The summed E-state index contributed by atoms with van der Waals surface area (Å²) >= 11 is 6.90. The van der Waals surface area contributed by atoms with Crippen LogP contribution in [-0.4, -0.2) is 10.8 Å². The molecule has 2 heterocycles. The van der Waals surface area contributed by atoms with Crippen LogP contribution in [0.3, 0.4) is 0 Å².